The molecule has 3 aliphatic carbocycles. The third-order valence-electron chi connectivity index (χ3n) is 10.5. The second-order valence-electron chi connectivity index (χ2n) is 13.2. The zero-order chi connectivity index (χ0) is 30.1. The van der Waals surface area contributed by atoms with Crippen LogP contribution < -0.4 is 10.4 Å². The van der Waals surface area contributed by atoms with Crippen LogP contribution in [0.1, 0.15) is 22.6 Å². The van der Waals surface area contributed by atoms with Gasteiger partial charge >= 0.3 is 0 Å². The molecule has 0 heterocycles. The van der Waals surface area contributed by atoms with Crippen molar-refractivity contribution in [3.8, 4) is 22.3 Å². The molecule has 1 heteroatoms. The first kappa shape index (κ1) is 26.4. The highest BCUT2D eigenvalue weighted by molar-refractivity contribution is 7.00. The first-order valence-corrected chi connectivity index (χ1v) is 19.1. The van der Waals surface area contributed by atoms with Gasteiger partial charge in [-0.15, -0.1) is 0 Å². The molecule has 0 radical (unpaired) electrons. The van der Waals surface area contributed by atoms with Crippen molar-refractivity contribution < 1.29 is 0 Å². The van der Waals surface area contributed by atoms with Crippen LogP contribution in [0.3, 0.4) is 0 Å². The van der Waals surface area contributed by atoms with E-state index in [4.69, 9.17) is 0 Å². The number of hydrogen-bond donors (Lipinski definition) is 0. The summed E-state index contributed by atoms with van der Waals surface area (Å²) in [6, 6.07) is 43.2. The van der Waals surface area contributed by atoms with Gasteiger partial charge in [0.1, 0.15) is 8.07 Å². The molecule has 0 amide bonds. The summed E-state index contributed by atoms with van der Waals surface area (Å²) in [5.41, 5.74) is 12.6. The predicted molar refractivity (Wildman–Crippen MR) is 196 cm³/mol. The van der Waals surface area contributed by atoms with Gasteiger partial charge in [-0.3, -0.25) is 0 Å². The van der Waals surface area contributed by atoms with Gasteiger partial charge in [0.25, 0.3) is 0 Å². The number of hydrogen-bond acceptors (Lipinski definition) is 0. The number of fused-ring (bicyclic) bond motifs is 2. The summed E-state index contributed by atoms with van der Waals surface area (Å²) < 4.78 is 0. The van der Waals surface area contributed by atoms with Crippen molar-refractivity contribution in [3.63, 3.8) is 0 Å². The lowest BCUT2D eigenvalue weighted by Gasteiger charge is -2.37. The molecule has 45 heavy (non-hydrogen) atoms. The smallest absolute Gasteiger partial charge is 0.0759 e. The highest BCUT2D eigenvalue weighted by Gasteiger charge is 2.36. The van der Waals surface area contributed by atoms with E-state index in [1.807, 2.05) is 0 Å². The van der Waals surface area contributed by atoms with Crippen LogP contribution in [0.15, 0.2) is 157 Å². The van der Waals surface area contributed by atoms with Crippen molar-refractivity contribution in [1.29, 1.82) is 0 Å². The van der Waals surface area contributed by atoms with E-state index >= 15 is 0 Å². The monoisotopic (exact) mass is 590 g/mol. The van der Waals surface area contributed by atoms with E-state index in [2.05, 4.69) is 165 Å². The van der Waals surface area contributed by atoms with Gasteiger partial charge in [0, 0.05) is 5.92 Å². The zero-order valence-corrected chi connectivity index (χ0v) is 26.7. The fourth-order valence-corrected chi connectivity index (χ4v) is 11.1. The van der Waals surface area contributed by atoms with Gasteiger partial charge in [-0.1, -0.05) is 175 Å². The van der Waals surface area contributed by atoms with Gasteiger partial charge in [0.05, 0.1) is 0 Å². The Hall–Kier alpha value is -4.98. The van der Waals surface area contributed by atoms with E-state index in [0.29, 0.717) is 5.92 Å². The van der Waals surface area contributed by atoms with E-state index in [9.17, 15) is 0 Å². The number of rotatable bonds is 4. The molecule has 0 fully saturated rings. The quantitative estimate of drug-likeness (QED) is 0.142. The van der Waals surface area contributed by atoms with Crippen molar-refractivity contribution >= 4 is 46.1 Å². The van der Waals surface area contributed by atoms with Crippen molar-refractivity contribution in [2.24, 2.45) is 0 Å². The van der Waals surface area contributed by atoms with Gasteiger partial charge in [0.2, 0.25) is 0 Å². The molecule has 0 nitrogen and oxygen atoms in total. The third-order valence-corrected chi connectivity index (χ3v) is 14.1. The minimum absolute atomic E-state index is 0.395. The van der Waals surface area contributed by atoms with Crippen LogP contribution in [0.5, 0.6) is 0 Å². The second kappa shape index (κ2) is 10.0. The van der Waals surface area contributed by atoms with Crippen LogP contribution >= 0.6 is 0 Å². The highest BCUT2D eigenvalue weighted by atomic mass is 28.3. The van der Waals surface area contributed by atoms with E-state index < -0.39 is 8.07 Å². The van der Waals surface area contributed by atoms with Gasteiger partial charge in [-0.25, -0.2) is 0 Å². The van der Waals surface area contributed by atoms with Crippen molar-refractivity contribution in [2.75, 3.05) is 0 Å². The molecule has 214 valence electrons. The molecule has 0 aliphatic heterocycles. The van der Waals surface area contributed by atoms with Crippen LogP contribution in [-0.2, 0) is 6.42 Å². The highest BCUT2D eigenvalue weighted by Crippen LogP contribution is 2.46. The van der Waals surface area contributed by atoms with Gasteiger partial charge < -0.3 is 0 Å². The molecule has 3 aliphatic rings. The normalized spacial score (nSPS) is 16.4. The fourth-order valence-electron chi connectivity index (χ4n) is 8.27. The third kappa shape index (κ3) is 3.97. The van der Waals surface area contributed by atoms with Crippen molar-refractivity contribution in [1.82, 2.24) is 0 Å². The van der Waals surface area contributed by atoms with Crippen LogP contribution in [0, 0.1) is 0 Å². The average molecular weight is 591 g/mol. The molecule has 0 saturated heterocycles. The Kier molecular flexibility index (Phi) is 5.88. The molecular formula is C44H34Si. The zero-order valence-electron chi connectivity index (χ0n) is 25.7. The minimum Gasteiger partial charge on any atom is -0.0759 e. The first-order chi connectivity index (χ1) is 22.1. The number of benzene rings is 6. The maximum Gasteiger partial charge on any atom is 0.112 e. The Morgan fingerprint density at radius 3 is 1.80 bits per heavy atom. The van der Waals surface area contributed by atoms with Gasteiger partial charge in [-0.2, -0.15) is 0 Å². The lowest BCUT2D eigenvalue weighted by molar-refractivity contribution is 0.896. The largest absolute Gasteiger partial charge is 0.112 e. The maximum absolute atomic E-state index is 2.54. The van der Waals surface area contributed by atoms with Crippen LogP contribution in [0.4, 0.5) is 0 Å². The van der Waals surface area contributed by atoms with Gasteiger partial charge in [-0.05, 0) is 78.1 Å². The standard InChI is InChI=1S/C44H34Si/c1-45(2,40-28-24-33-20-19-30-13-10-14-31-23-27-39(40)44(33)41(30)31)34-25-21-32(22-26-34)43-37-17-8-6-15-35(37)42(29-11-4-3-5-12-29)36-16-7-9-18-38(36)43/h3-26,28,41H,27H2,1-2H3. The SMILES string of the molecule is C[Si](C)(c1ccc(-c2c3ccccc3c(-c3ccccc3)c3ccccc23)cc1)c1ccc2c3c1CC=C1C=CC=C(C=C2)C13. The summed E-state index contributed by atoms with van der Waals surface area (Å²) >= 11 is 0. The van der Waals surface area contributed by atoms with E-state index in [0.717, 1.165) is 6.42 Å². The molecule has 0 bridgehead atoms. The van der Waals surface area contributed by atoms with Crippen molar-refractivity contribution in [3.05, 3.63) is 173 Å². The summed E-state index contributed by atoms with van der Waals surface area (Å²) in [6.45, 7) is 5.07. The lowest BCUT2D eigenvalue weighted by atomic mass is 9.71. The molecule has 0 saturated carbocycles. The molecule has 6 aromatic rings. The second-order valence-corrected chi connectivity index (χ2v) is 17.6. The Labute approximate surface area is 266 Å². The summed E-state index contributed by atoms with van der Waals surface area (Å²) in [6.07, 6.45) is 15.0. The first-order valence-electron chi connectivity index (χ1n) is 16.1. The molecule has 0 aromatic heterocycles. The Balaban J connectivity index is 1.18. The maximum atomic E-state index is 2.54. The summed E-state index contributed by atoms with van der Waals surface area (Å²) in [5, 5.41) is 8.28. The molecule has 0 spiro atoms. The lowest BCUT2D eigenvalue weighted by Crippen LogP contribution is -2.54. The molecule has 0 N–H and O–H groups in total. The van der Waals surface area contributed by atoms with E-state index in [1.165, 1.54) is 65.7 Å². The molecule has 9 rings (SSSR count). The molecule has 6 aromatic carbocycles. The van der Waals surface area contributed by atoms with Crippen LogP contribution in [-0.4, -0.2) is 8.07 Å². The van der Waals surface area contributed by atoms with Crippen LogP contribution in [0.25, 0.3) is 49.9 Å². The molecular weight excluding hydrogens is 557 g/mol. The Bertz CT molecular complexity index is 2240. The Morgan fingerprint density at radius 1 is 0.556 bits per heavy atom. The minimum atomic E-state index is -1.99. The van der Waals surface area contributed by atoms with Crippen LogP contribution in [0.2, 0.25) is 13.1 Å². The molecule has 1 atom stereocenters. The fraction of sp³-hybridized carbons (Fsp3) is 0.0909. The van der Waals surface area contributed by atoms with E-state index in [-0.39, 0.29) is 0 Å². The summed E-state index contributed by atoms with van der Waals surface area (Å²) in [7, 11) is -1.99. The average Bonchev–Trinajstić information content (AvgIpc) is 3.10. The Morgan fingerprint density at radius 2 is 1.16 bits per heavy atom. The van der Waals surface area contributed by atoms with E-state index in [1.54, 1.807) is 16.3 Å². The topological polar surface area (TPSA) is 0 Å². The number of allylic oxidation sites excluding steroid dienone is 7. The summed E-state index contributed by atoms with van der Waals surface area (Å²) in [4.78, 5) is 0. The predicted octanol–water partition coefficient (Wildman–Crippen LogP) is 10.2. The summed E-state index contributed by atoms with van der Waals surface area (Å²) in [5.74, 6) is 0.395. The molecule has 1 unspecified atom stereocenters. The van der Waals surface area contributed by atoms with Gasteiger partial charge in [0.15, 0.2) is 0 Å². The van der Waals surface area contributed by atoms with Crippen molar-refractivity contribution in [2.45, 2.75) is 25.4 Å².